The number of halogens is 2. The number of alkyl halides is 1. The average Bonchev–Trinajstić information content (AvgIpc) is 2.98. The molecule has 3 rings (SSSR count). The summed E-state index contributed by atoms with van der Waals surface area (Å²) in [7, 11) is 0. The predicted molar refractivity (Wildman–Crippen MR) is 78.4 cm³/mol. The first-order valence-electron chi connectivity index (χ1n) is 6.63. The fraction of sp³-hybridized carbons (Fsp3) is 0.133. The minimum absolute atomic E-state index is 0.305. The summed E-state index contributed by atoms with van der Waals surface area (Å²) in [5.74, 6) is 0.580. The predicted octanol–water partition coefficient (Wildman–Crippen LogP) is 3.32. The molecule has 0 atom stereocenters. The molecule has 2 aromatic heterocycles. The largest absolute Gasteiger partial charge is 0.340 e. The van der Waals surface area contributed by atoms with Gasteiger partial charge in [0, 0.05) is 23.6 Å². The van der Waals surface area contributed by atoms with Crippen molar-refractivity contribution in [3.63, 3.8) is 0 Å². The second-order valence-electron chi connectivity index (χ2n) is 4.71. The van der Waals surface area contributed by atoms with Gasteiger partial charge in [-0.25, -0.2) is 18.4 Å². The smallest absolute Gasteiger partial charge is 0.252 e. The van der Waals surface area contributed by atoms with E-state index in [0.29, 0.717) is 23.1 Å². The molecule has 1 aromatic carbocycles. The Morgan fingerprint density at radius 1 is 1.14 bits per heavy atom. The van der Waals surface area contributed by atoms with Gasteiger partial charge in [-0.2, -0.15) is 10.1 Å². The van der Waals surface area contributed by atoms with E-state index in [2.05, 4.69) is 20.4 Å². The minimum atomic E-state index is -0.639. The molecule has 0 aliphatic carbocycles. The molecule has 5 nitrogen and oxygen atoms in total. The second-order valence-corrected chi connectivity index (χ2v) is 4.71. The second kappa shape index (κ2) is 5.88. The Morgan fingerprint density at radius 3 is 2.59 bits per heavy atom. The van der Waals surface area contributed by atoms with E-state index >= 15 is 0 Å². The highest BCUT2D eigenvalue weighted by molar-refractivity contribution is 5.56. The lowest BCUT2D eigenvalue weighted by molar-refractivity contribution is 0.473. The maximum atomic E-state index is 12.9. The van der Waals surface area contributed by atoms with Crippen LogP contribution >= 0.6 is 0 Å². The van der Waals surface area contributed by atoms with Crippen LogP contribution in [0.25, 0.3) is 5.95 Å². The van der Waals surface area contributed by atoms with Crippen LogP contribution in [0.4, 0.5) is 20.3 Å². The van der Waals surface area contributed by atoms with Crippen molar-refractivity contribution in [3.05, 3.63) is 59.8 Å². The van der Waals surface area contributed by atoms with Gasteiger partial charge in [-0.05, 0) is 37.3 Å². The van der Waals surface area contributed by atoms with E-state index in [9.17, 15) is 8.78 Å². The summed E-state index contributed by atoms with van der Waals surface area (Å²) in [4.78, 5) is 8.61. The Labute approximate surface area is 125 Å². The molecule has 7 heteroatoms. The van der Waals surface area contributed by atoms with Crippen molar-refractivity contribution < 1.29 is 8.78 Å². The van der Waals surface area contributed by atoms with E-state index in [1.807, 2.05) is 6.92 Å². The summed E-state index contributed by atoms with van der Waals surface area (Å²) in [5.41, 5.74) is 1.75. The van der Waals surface area contributed by atoms with Crippen molar-refractivity contribution in [2.24, 2.45) is 0 Å². The van der Waals surface area contributed by atoms with Gasteiger partial charge in [0.2, 0.25) is 0 Å². The molecule has 112 valence electrons. The highest BCUT2D eigenvalue weighted by Crippen LogP contribution is 2.17. The van der Waals surface area contributed by atoms with Crippen molar-refractivity contribution in [2.45, 2.75) is 13.6 Å². The van der Waals surface area contributed by atoms with E-state index in [1.54, 1.807) is 30.5 Å². The van der Waals surface area contributed by atoms with Crippen molar-refractivity contribution in [3.8, 4) is 5.95 Å². The fourth-order valence-corrected chi connectivity index (χ4v) is 1.94. The number of aryl methyl sites for hydroxylation is 1. The van der Waals surface area contributed by atoms with Crippen LogP contribution in [0.1, 0.15) is 11.4 Å². The normalized spacial score (nSPS) is 10.7. The molecule has 0 amide bonds. The Balaban J connectivity index is 1.90. The van der Waals surface area contributed by atoms with Crippen molar-refractivity contribution in [1.82, 2.24) is 19.7 Å². The van der Waals surface area contributed by atoms with Gasteiger partial charge < -0.3 is 5.32 Å². The number of rotatable bonds is 4. The molecule has 2 heterocycles. The summed E-state index contributed by atoms with van der Waals surface area (Å²) in [5, 5.41) is 7.11. The van der Waals surface area contributed by atoms with E-state index in [-0.39, 0.29) is 5.82 Å². The topological polar surface area (TPSA) is 55.6 Å². The zero-order valence-corrected chi connectivity index (χ0v) is 11.8. The fourth-order valence-electron chi connectivity index (χ4n) is 1.94. The maximum Gasteiger partial charge on any atom is 0.252 e. The monoisotopic (exact) mass is 301 g/mol. The number of hydrogen-bond donors (Lipinski definition) is 1. The molecular weight excluding hydrogens is 288 g/mol. The lowest BCUT2D eigenvalue weighted by atomic mass is 10.3. The van der Waals surface area contributed by atoms with Gasteiger partial charge in [0.25, 0.3) is 5.95 Å². The number of nitrogens with zero attached hydrogens (tertiary/aromatic N) is 4. The third kappa shape index (κ3) is 3.08. The van der Waals surface area contributed by atoms with Gasteiger partial charge in [-0.15, -0.1) is 0 Å². The van der Waals surface area contributed by atoms with Crippen LogP contribution in [0.3, 0.4) is 0 Å². The molecule has 0 radical (unpaired) electrons. The van der Waals surface area contributed by atoms with Crippen LogP contribution < -0.4 is 5.32 Å². The molecule has 0 bridgehead atoms. The first-order valence-corrected chi connectivity index (χ1v) is 6.63. The summed E-state index contributed by atoms with van der Waals surface area (Å²) in [6, 6.07) is 9.27. The standard InChI is InChI=1S/C15H13F2N5/c1-10-8-14(19-12-4-2-11(17)3-5-12)20-15(18-10)22-7-6-13(9-16)21-22/h2-8H,9H2,1H3,(H,18,19,20). The Hall–Kier alpha value is -2.83. The Morgan fingerprint density at radius 2 is 1.91 bits per heavy atom. The molecule has 0 saturated carbocycles. The van der Waals surface area contributed by atoms with Crippen LogP contribution in [0.5, 0.6) is 0 Å². The Bertz CT molecular complexity index is 783. The van der Waals surface area contributed by atoms with Crippen LogP contribution in [-0.2, 0) is 6.67 Å². The van der Waals surface area contributed by atoms with Gasteiger partial charge in [-0.1, -0.05) is 0 Å². The lowest BCUT2D eigenvalue weighted by Gasteiger charge is -2.08. The number of aromatic nitrogens is 4. The summed E-state index contributed by atoms with van der Waals surface area (Å²) in [6.07, 6.45) is 1.60. The zero-order chi connectivity index (χ0) is 15.5. The van der Waals surface area contributed by atoms with Gasteiger partial charge in [-0.3, -0.25) is 0 Å². The third-order valence-electron chi connectivity index (χ3n) is 2.95. The highest BCUT2D eigenvalue weighted by atomic mass is 19.1. The summed E-state index contributed by atoms with van der Waals surface area (Å²) >= 11 is 0. The number of nitrogens with one attached hydrogen (secondary N) is 1. The third-order valence-corrected chi connectivity index (χ3v) is 2.95. The highest BCUT2D eigenvalue weighted by Gasteiger charge is 2.07. The van der Waals surface area contributed by atoms with E-state index in [0.717, 1.165) is 5.69 Å². The average molecular weight is 301 g/mol. The SMILES string of the molecule is Cc1cc(Nc2ccc(F)cc2)nc(-n2ccc(CF)n2)n1. The van der Waals surface area contributed by atoms with E-state index in [1.165, 1.54) is 16.8 Å². The molecule has 0 saturated heterocycles. The first-order chi connectivity index (χ1) is 10.6. The molecule has 0 aliphatic rings. The molecule has 0 spiro atoms. The van der Waals surface area contributed by atoms with Gasteiger partial charge in [0.05, 0.1) is 5.69 Å². The quantitative estimate of drug-likeness (QED) is 0.803. The van der Waals surface area contributed by atoms with Crippen molar-refractivity contribution >= 4 is 11.5 Å². The maximum absolute atomic E-state index is 12.9. The summed E-state index contributed by atoms with van der Waals surface area (Å²) in [6.45, 7) is 1.18. The van der Waals surface area contributed by atoms with Crippen LogP contribution in [0, 0.1) is 12.7 Å². The van der Waals surface area contributed by atoms with Crippen molar-refractivity contribution in [1.29, 1.82) is 0 Å². The van der Waals surface area contributed by atoms with Crippen LogP contribution in [0.2, 0.25) is 0 Å². The molecule has 0 fully saturated rings. The van der Waals surface area contributed by atoms with E-state index in [4.69, 9.17) is 0 Å². The molecule has 1 N–H and O–H groups in total. The number of hydrogen-bond acceptors (Lipinski definition) is 4. The first kappa shape index (κ1) is 14.1. The zero-order valence-electron chi connectivity index (χ0n) is 11.8. The van der Waals surface area contributed by atoms with Gasteiger partial charge >= 0.3 is 0 Å². The lowest BCUT2D eigenvalue weighted by Crippen LogP contribution is -2.06. The van der Waals surface area contributed by atoms with Gasteiger partial charge in [0.1, 0.15) is 18.3 Å². The number of anilines is 2. The molecule has 22 heavy (non-hydrogen) atoms. The molecule has 3 aromatic rings. The Kier molecular flexibility index (Phi) is 3.78. The van der Waals surface area contributed by atoms with Crippen LogP contribution in [-0.4, -0.2) is 19.7 Å². The number of benzene rings is 1. The van der Waals surface area contributed by atoms with Crippen LogP contribution in [0.15, 0.2) is 42.6 Å². The molecule has 0 aliphatic heterocycles. The van der Waals surface area contributed by atoms with Gasteiger partial charge in [0.15, 0.2) is 0 Å². The molecular formula is C15H13F2N5. The minimum Gasteiger partial charge on any atom is -0.340 e. The van der Waals surface area contributed by atoms with Crippen molar-refractivity contribution in [2.75, 3.05) is 5.32 Å². The van der Waals surface area contributed by atoms with E-state index < -0.39 is 6.67 Å². The summed E-state index contributed by atoms with van der Waals surface area (Å²) < 4.78 is 26.9. The molecule has 0 unspecified atom stereocenters.